The molecular weight excluding hydrogens is 383 g/mol. The normalized spacial score (nSPS) is 17.3. The Morgan fingerprint density at radius 2 is 2.07 bits per heavy atom. The van der Waals surface area contributed by atoms with E-state index in [-0.39, 0.29) is 16.8 Å². The van der Waals surface area contributed by atoms with Gasteiger partial charge in [-0.2, -0.15) is 5.10 Å². The third-order valence-corrected chi connectivity index (χ3v) is 6.32. The van der Waals surface area contributed by atoms with Gasteiger partial charge in [0.05, 0.1) is 17.0 Å². The Kier molecular flexibility index (Phi) is 4.82. The number of rotatable bonds is 5. The van der Waals surface area contributed by atoms with Crippen LogP contribution in [-0.2, 0) is 21.8 Å². The molecule has 1 aliphatic heterocycles. The average molecular weight is 404 g/mol. The fourth-order valence-corrected chi connectivity index (χ4v) is 4.56. The standard InChI is InChI=1S/C19H21FN4O3S/c1-12-9-13(3-5-17(12)20)21-19-16-10-15(4-6-18(16)24(2)22-19)28(25,26)23-14-7-8-27-11-14/h3-6,9-10,14,23H,7-8,11H2,1-2H3,(H,21,22). The van der Waals surface area contributed by atoms with Crippen molar-refractivity contribution in [2.45, 2.75) is 24.3 Å². The minimum Gasteiger partial charge on any atom is -0.380 e. The van der Waals surface area contributed by atoms with E-state index in [1.165, 1.54) is 6.07 Å². The van der Waals surface area contributed by atoms with Crippen LogP contribution in [0, 0.1) is 12.7 Å². The number of nitrogens with zero attached hydrogens (tertiary/aromatic N) is 2. The zero-order chi connectivity index (χ0) is 19.9. The van der Waals surface area contributed by atoms with E-state index in [0.29, 0.717) is 42.1 Å². The average Bonchev–Trinajstić information content (AvgIpc) is 3.26. The van der Waals surface area contributed by atoms with Crippen molar-refractivity contribution in [3.63, 3.8) is 0 Å². The van der Waals surface area contributed by atoms with Crippen LogP contribution in [0.1, 0.15) is 12.0 Å². The van der Waals surface area contributed by atoms with Gasteiger partial charge in [-0.25, -0.2) is 17.5 Å². The summed E-state index contributed by atoms with van der Waals surface area (Å²) >= 11 is 0. The van der Waals surface area contributed by atoms with Crippen LogP contribution in [0.25, 0.3) is 10.9 Å². The maximum absolute atomic E-state index is 13.5. The number of halogens is 1. The van der Waals surface area contributed by atoms with Crippen molar-refractivity contribution in [2.75, 3.05) is 18.5 Å². The van der Waals surface area contributed by atoms with Gasteiger partial charge in [0.25, 0.3) is 0 Å². The minimum atomic E-state index is -3.67. The second-order valence-corrected chi connectivity index (χ2v) is 8.64. The fourth-order valence-electron chi connectivity index (χ4n) is 3.28. The summed E-state index contributed by atoms with van der Waals surface area (Å²) in [6.07, 6.45) is 0.658. The Bertz CT molecular complexity index is 1140. The van der Waals surface area contributed by atoms with Crippen LogP contribution in [0.2, 0.25) is 0 Å². The largest absolute Gasteiger partial charge is 0.380 e. The molecule has 2 heterocycles. The Morgan fingerprint density at radius 3 is 2.79 bits per heavy atom. The number of fused-ring (bicyclic) bond motifs is 1. The van der Waals surface area contributed by atoms with E-state index in [1.807, 2.05) is 0 Å². The number of ether oxygens (including phenoxy) is 1. The monoisotopic (exact) mass is 404 g/mol. The van der Waals surface area contributed by atoms with Crippen molar-refractivity contribution < 1.29 is 17.5 Å². The second-order valence-electron chi connectivity index (χ2n) is 6.92. The van der Waals surface area contributed by atoms with E-state index in [4.69, 9.17) is 4.74 Å². The summed E-state index contributed by atoms with van der Waals surface area (Å²) in [6, 6.07) is 9.35. The lowest BCUT2D eigenvalue weighted by atomic mass is 10.2. The number of hydrogen-bond donors (Lipinski definition) is 2. The Balaban J connectivity index is 1.70. The van der Waals surface area contributed by atoms with Crippen LogP contribution in [-0.4, -0.2) is 37.5 Å². The quantitative estimate of drug-likeness (QED) is 0.683. The predicted octanol–water partition coefficient (Wildman–Crippen LogP) is 2.83. The highest BCUT2D eigenvalue weighted by Gasteiger charge is 2.24. The van der Waals surface area contributed by atoms with E-state index in [1.54, 1.807) is 49.0 Å². The van der Waals surface area contributed by atoms with Gasteiger partial charge < -0.3 is 10.1 Å². The van der Waals surface area contributed by atoms with Gasteiger partial charge in [0.15, 0.2) is 5.82 Å². The van der Waals surface area contributed by atoms with Gasteiger partial charge >= 0.3 is 0 Å². The number of aryl methyl sites for hydroxylation is 2. The van der Waals surface area contributed by atoms with Crippen molar-refractivity contribution in [1.29, 1.82) is 0 Å². The number of aromatic nitrogens is 2. The van der Waals surface area contributed by atoms with Crippen molar-refractivity contribution in [3.8, 4) is 0 Å². The van der Waals surface area contributed by atoms with Crippen LogP contribution in [0.4, 0.5) is 15.9 Å². The number of anilines is 2. The lowest BCUT2D eigenvalue weighted by Gasteiger charge is -2.11. The van der Waals surface area contributed by atoms with Crippen molar-refractivity contribution in [3.05, 3.63) is 47.8 Å². The molecule has 1 unspecified atom stereocenters. The molecule has 7 nitrogen and oxygen atoms in total. The first-order valence-electron chi connectivity index (χ1n) is 8.93. The van der Waals surface area contributed by atoms with Gasteiger partial charge in [-0.15, -0.1) is 0 Å². The highest BCUT2D eigenvalue weighted by Crippen LogP contribution is 2.28. The molecule has 0 amide bonds. The van der Waals surface area contributed by atoms with Crippen LogP contribution in [0.15, 0.2) is 41.3 Å². The molecule has 0 aliphatic carbocycles. The fraction of sp³-hybridized carbons (Fsp3) is 0.316. The van der Waals surface area contributed by atoms with E-state index >= 15 is 0 Å². The Hall–Kier alpha value is -2.49. The predicted molar refractivity (Wildman–Crippen MR) is 105 cm³/mol. The number of hydrogen-bond acceptors (Lipinski definition) is 5. The molecular formula is C19H21FN4O3S. The van der Waals surface area contributed by atoms with Crippen LogP contribution in [0.5, 0.6) is 0 Å². The van der Waals surface area contributed by atoms with Gasteiger partial charge in [-0.3, -0.25) is 4.68 Å². The van der Waals surface area contributed by atoms with Crippen LogP contribution in [0.3, 0.4) is 0 Å². The smallest absolute Gasteiger partial charge is 0.240 e. The molecule has 28 heavy (non-hydrogen) atoms. The summed E-state index contributed by atoms with van der Waals surface area (Å²) in [5.41, 5.74) is 1.97. The van der Waals surface area contributed by atoms with Crippen LogP contribution >= 0.6 is 0 Å². The number of sulfonamides is 1. The summed E-state index contributed by atoms with van der Waals surface area (Å²) in [7, 11) is -1.89. The first-order valence-corrected chi connectivity index (χ1v) is 10.4. The van der Waals surface area contributed by atoms with E-state index in [0.717, 1.165) is 5.52 Å². The zero-order valence-corrected chi connectivity index (χ0v) is 16.4. The SMILES string of the molecule is Cc1cc(Nc2nn(C)c3ccc(S(=O)(=O)NC4CCOC4)cc23)ccc1F. The minimum absolute atomic E-state index is 0.165. The van der Waals surface area contributed by atoms with Gasteiger partial charge in [0, 0.05) is 30.8 Å². The third kappa shape index (κ3) is 3.60. The molecule has 148 valence electrons. The summed E-state index contributed by atoms with van der Waals surface area (Å²) in [5.74, 6) is 0.219. The highest BCUT2D eigenvalue weighted by molar-refractivity contribution is 7.89. The lowest BCUT2D eigenvalue weighted by molar-refractivity contribution is 0.192. The maximum atomic E-state index is 13.5. The molecule has 0 spiro atoms. The van der Waals surface area contributed by atoms with Gasteiger partial charge in [-0.1, -0.05) is 0 Å². The van der Waals surface area contributed by atoms with Gasteiger partial charge in [0.1, 0.15) is 5.82 Å². The third-order valence-electron chi connectivity index (χ3n) is 4.80. The van der Waals surface area contributed by atoms with Crippen molar-refractivity contribution in [1.82, 2.24) is 14.5 Å². The molecule has 1 aromatic heterocycles. The van der Waals surface area contributed by atoms with Crippen molar-refractivity contribution >= 4 is 32.4 Å². The first-order chi connectivity index (χ1) is 13.3. The molecule has 0 saturated carbocycles. The van der Waals surface area contributed by atoms with Gasteiger partial charge in [0.2, 0.25) is 10.0 Å². The van der Waals surface area contributed by atoms with Gasteiger partial charge in [-0.05, 0) is 55.3 Å². The molecule has 2 aromatic carbocycles. The Morgan fingerprint density at radius 1 is 1.25 bits per heavy atom. The topological polar surface area (TPSA) is 85.2 Å². The maximum Gasteiger partial charge on any atom is 0.240 e. The van der Waals surface area contributed by atoms with E-state index in [9.17, 15) is 12.8 Å². The molecule has 4 rings (SSSR count). The summed E-state index contributed by atoms with van der Waals surface area (Å²) in [5, 5.41) is 8.26. The zero-order valence-electron chi connectivity index (χ0n) is 15.6. The molecule has 0 radical (unpaired) electrons. The van der Waals surface area contributed by atoms with Crippen LogP contribution < -0.4 is 10.0 Å². The summed E-state index contributed by atoms with van der Waals surface area (Å²) in [4.78, 5) is 0.165. The summed E-state index contributed by atoms with van der Waals surface area (Å²) in [6.45, 7) is 2.62. The molecule has 3 aromatic rings. The number of benzene rings is 2. The Labute approximate surface area is 162 Å². The number of nitrogens with one attached hydrogen (secondary N) is 2. The van der Waals surface area contributed by atoms with E-state index < -0.39 is 10.0 Å². The molecule has 1 saturated heterocycles. The molecule has 1 fully saturated rings. The lowest BCUT2D eigenvalue weighted by Crippen LogP contribution is -2.34. The summed E-state index contributed by atoms with van der Waals surface area (Å²) < 4.78 is 48.6. The molecule has 0 bridgehead atoms. The molecule has 1 aliphatic rings. The molecule has 1 atom stereocenters. The molecule has 2 N–H and O–H groups in total. The van der Waals surface area contributed by atoms with E-state index in [2.05, 4.69) is 15.1 Å². The van der Waals surface area contributed by atoms with Crippen molar-refractivity contribution in [2.24, 2.45) is 7.05 Å². The second kappa shape index (κ2) is 7.16. The highest BCUT2D eigenvalue weighted by atomic mass is 32.2. The first kappa shape index (κ1) is 18.9. The molecule has 9 heteroatoms.